The van der Waals surface area contributed by atoms with Crippen molar-refractivity contribution in [2.24, 2.45) is 0 Å². The molecule has 20 heavy (non-hydrogen) atoms. The summed E-state index contributed by atoms with van der Waals surface area (Å²) in [6, 6.07) is 7.02. The second kappa shape index (κ2) is 5.87. The zero-order chi connectivity index (χ0) is 14.5. The van der Waals surface area contributed by atoms with Crippen LogP contribution in [0.1, 0.15) is 10.4 Å². The monoisotopic (exact) mass is 275 g/mol. The van der Waals surface area contributed by atoms with Crippen molar-refractivity contribution in [1.82, 2.24) is 15.6 Å². The van der Waals surface area contributed by atoms with E-state index in [2.05, 4.69) is 15.6 Å². The van der Waals surface area contributed by atoms with Crippen LogP contribution in [0, 0.1) is 0 Å². The standard InChI is InChI=1S/C13H13N3O4/c17-11(15-7-12(18)19)6-16-13(20)9-2-1-8-3-4-14-10(8)5-9/h1-5,14H,6-7H2,(H,15,17)(H,16,20)(H,18,19). The lowest BCUT2D eigenvalue weighted by atomic mass is 10.1. The Morgan fingerprint density at radius 1 is 1.10 bits per heavy atom. The molecule has 0 bridgehead atoms. The average Bonchev–Trinajstić information content (AvgIpc) is 2.89. The number of aromatic nitrogens is 1. The zero-order valence-corrected chi connectivity index (χ0v) is 10.5. The molecule has 0 aliphatic heterocycles. The minimum Gasteiger partial charge on any atom is -0.480 e. The van der Waals surface area contributed by atoms with Gasteiger partial charge in [-0.15, -0.1) is 0 Å². The first-order valence-corrected chi connectivity index (χ1v) is 5.90. The van der Waals surface area contributed by atoms with Crippen LogP contribution in [0.4, 0.5) is 0 Å². The summed E-state index contributed by atoms with van der Waals surface area (Å²) in [6.07, 6.45) is 1.77. The van der Waals surface area contributed by atoms with Crippen LogP contribution in [0.25, 0.3) is 10.9 Å². The number of hydrogen-bond acceptors (Lipinski definition) is 3. The largest absolute Gasteiger partial charge is 0.480 e. The summed E-state index contributed by atoms with van der Waals surface area (Å²) in [5, 5.41) is 14.0. The van der Waals surface area contributed by atoms with Crippen molar-refractivity contribution >= 4 is 28.7 Å². The van der Waals surface area contributed by atoms with E-state index in [1.54, 1.807) is 24.4 Å². The van der Waals surface area contributed by atoms with Crippen LogP contribution in [0.2, 0.25) is 0 Å². The first-order valence-electron chi connectivity index (χ1n) is 5.90. The third-order valence-electron chi connectivity index (χ3n) is 2.66. The van der Waals surface area contributed by atoms with Crippen LogP contribution in [-0.4, -0.2) is 41.0 Å². The molecular formula is C13H13N3O4. The van der Waals surface area contributed by atoms with Gasteiger partial charge in [-0.05, 0) is 23.6 Å². The van der Waals surface area contributed by atoms with E-state index in [-0.39, 0.29) is 6.54 Å². The predicted octanol–water partition coefficient (Wildman–Crippen LogP) is 0.0985. The molecule has 2 amide bonds. The van der Waals surface area contributed by atoms with Gasteiger partial charge in [-0.1, -0.05) is 6.07 Å². The Bertz CT molecular complexity index is 662. The van der Waals surface area contributed by atoms with E-state index in [4.69, 9.17) is 5.11 Å². The summed E-state index contributed by atoms with van der Waals surface area (Å²) in [4.78, 5) is 36.3. The Hall–Kier alpha value is -2.83. The zero-order valence-electron chi connectivity index (χ0n) is 10.5. The van der Waals surface area contributed by atoms with E-state index in [0.717, 1.165) is 10.9 Å². The number of carboxylic acid groups (broad SMARTS) is 1. The van der Waals surface area contributed by atoms with Crippen molar-refractivity contribution in [3.05, 3.63) is 36.0 Å². The Balaban J connectivity index is 1.91. The number of aliphatic carboxylic acids is 1. The van der Waals surface area contributed by atoms with Crippen molar-refractivity contribution in [3.63, 3.8) is 0 Å². The highest BCUT2D eigenvalue weighted by molar-refractivity contribution is 5.99. The fourth-order valence-electron chi connectivity index (χ4n) is 1.69. The number of rotatable bonds is 5. The molecule has 1 aromatic carbocycles. The first-order chi connectivity index (χ1) is 9.56. The van der Waals surface area contributed by atoms with Gasteiger partial charge in [0.15, 0.2) is 0 Å². The summed E-state index contributed by atoms with van der Waals surface area (Å²) in [6.45, 7) is -0.738. The maximum atomic E-state index is 11.8. The van der Waals surface area contributed by atoms with Gasteiger partial charge in [0.25, 0.3) is 5.91 Å². The van der Waals surface area contributed by atoms with Gasteiger partial charge >= 0.3 is 5.97 Å². The van der Waals surface area contributed by atoms with Crippen molar-refractivity contribution < 1.29 is 19.5 Å². The van der Waals surface area contributed by atoms with E-state index in [1.807, 2.05) is 6.07 Å². The SMILES string of the molecule is O=C(O)CNC(=O)CNC(=O)c1ccc2cc[nH]c2c1. The van der Waals surface area contributed by atoms with Crippen LogP contribution in [0.3, 0.4) is 0 Å². The van der Waals surface area contributed by atoms with Gasteiger partial charge in [-0.2, -0.15) is 0 Å². The van der Waals surface area contributed by atoms with Crippen molar-refractivity contribution in [2.75, 3.05) is 13.1 Å². The molecule has 0 fully saturated rings. The highest BCUT2D eigenvalue weighted by Gasteiger charge is 2.09. The summed E-state index contributed by atoms with van der Waals surface area (Å²) in [5.41, 5.74) is 1.25. The normalized spacial score (nSPS) is 10.2. The lowest BCUT2D eigenvalue weighted by Crippen LogP contribution is -2.39. The van der Waals surface area contributed by atoms with Gasteiger partial charge in [-0.25, -0.2) is 0 Å². The van der Waals surface area contributed by atoms with Gasteiger partial charge < -0.3 is 20.7 Å². The molecule has 4 N–H and O–H groups in total. The van der Waals surface area contributed by atoms with E-state index in [0.29, 0.717) is 5.56 Å². The third-order valence-corrected chi connectivity index (χ3v) is 2.66. The van der Waals surface area contributed by atoms with Gasteiger partial charge in [0, 0.05) is 17.3 Å². The number of carbonyl (C=O) groups is 3. The van der Waals surface area contributed by atoms with Gasteiger partial charge in [0.05, 0.1) is 6.54 Å². The molecule has 0 spiro atoms. The Morgan fingerprint density at radius 2 is 1.90 bits per heavy atom. The molecule has 0 atom stereocenters. The van der Waals surface area contributed by atoms with Crippen LogP contribution in [0.15, 0.2) is 30.5 Å². The fourth-order valence-corrected chi connectivity index (χ4v) is 1.69. The Labute approximate surface area is 114 Å². The molecule has 0 aliphatic rings. The lowest BCUT2D eigenvalue weighted by molar-refractivity contribution is -0.137. The van der Waals surface area contributed by atoms with Gasteiger partial charge in [0.2, 0.25) is 5.91 Å². The average molecular weight is 275 g/mol. The molecular weight excluding hydrogens is 262 g/mol. The highest BCUT2D eigenvalue weighted by Crippen LogP contribution is 2.13. The number of H-pyrrole nitrogens is 1. The number of amides is 2. The van der Waals surface area contributed by atoms with Crippen LogP contribution in [-0.2, 0) is 9.59 Å². The van der Waals surface area contributed by atoms with E-state index in [9.17, 15) is 14.4 Å². The van der Waals surface area contributed by atoms with Gasteiger partial charge in [0.1, 0.15) is 6.54 Å². The molecule has 1 heterocycles. The van der Waals surface area contributed by atoms with Crippen molar-refractivity contribution in [3.8, 4) is 0 Å². The highest BCUT2D eigenvalue weighted by atomic mass is 16.4. The van der Waals surface area contributed by atoms with Crippen molar-refractivity contribution in [2.45, 2.75) is 0 Å². The molecule has 1 aromatic heterocycles. The Kier molecular flexibility index (Phi) is 3.99. The number of hydrogen-bond donors (Lipinski definition) is 4. The molecule has 2 aromatic rings. The third kappa shape index (κ3) is 3.35. The van der Waals surface area contributed by atoms with Crippen LogP contribution in [0.5, 0.6) is 0 Å². The summed E-state index contributed by atoms with van der Waals surface area (Å²) in [5.74, 6) is -2.09. The summed E-state index contributed by atoms with van der Waals surface area (Å²) >= 11 is 0. The number of carbonyl (C=O) groups excluding carboxylic acids is 2. The predicted molar refractivity (Wildman–Crippen MR) is 71.3 cm³/mol. The molecule has 0 radical (unpaired) electrons. The molecule has 0 saturated heterocycles. The van der Waals surface area contributed by atoms with E-state index in [1.165, 1.54) is 0 Å². The molecule has 0 saturated carbocycles. The maximum absolute atomic E-state index is 11.8. The van der Waals surface area contributed by atoms with E-state index < -0.39 is 24.3 Å². The van der Waals surface area contributed by atoms with Crippen LogP contribution >= 0.6 is 0 Å². The number of aromatic amines is 1. The minimum absolute atomic E-state index is 0.269. The smallest absolute Gasteiger partial charge is 0.322 e. The second-order valence-corrected chi connectivity index (χ2v) is 4.13. The fraction of sp³-hybridized carbons (Fsp3) is 0.154. The quantitative estimate of drug-likeness (QED) is 0.620. The minimum atomic E-state index is -1.14. The van der Waals surface area contributed by atoms with Gasteiger partial charge in [-0.3, -0.25) is 14.4 Å². The summed E-state index contributed by atoms with van der Waals surface area (Å²) < 4.78 is 0. The van der Waals surface area contributed by atoms with E-state index >= 15 is 0 Å². The number of nitrogens with one attached hydrogen (secondary N) is 3. The molecule has 104 valence electrons. The first kappa shape index (κ1) is 13.6. The number of fused-ring (bicyclic) bond motifs is 1. The Morgan fingerprint density at radius 3 is 2.65 bits per heavy atom. The molecule has 7 heteroatoms. The number of carboxylic acids is 1. The number of benzene rings is 1. The molecule has 0 unspecified atom stereocenters. The lowest BCUT2D eigenvalue weighted by Gasteiger charge is -2.05. The topological polar surface area (TPSA) is 111 Å². The molecule has 2 rings (SSSR count). The summed E-state index contributed by atoms with van der Waals surface area (Å²) in [7, 11) is 0. The maximum Gasteiger partial charge on any atom is 0.322 e. The second-order valence-electron chi connectivity index (χ2n) is 4.13. The molecule has 7 nitrogen and oxygen atoms in total. The van der Waals surface area contributed by atoms with Crippen molar-refractivity contribution in [1.29, 1.82) is 0 Å². The van der Waals surface area contributed by atoms with Crippen LogP contribution < -0.4 is 10.6 Å². The molecule has 0 aliphatic carbocycles.